The molecule has 2 saturated heterocycles. The first-order chi connectivity index (χ1) is 22.8. The van der Waals surface area contributed by atoms with Gasteiger partial charge in [-0.25, -0.2) is 9.59 Å². The van der Waals surface area contributed by atoms with E-state index in [-0.39, 0.29) is 11.3 Å². The molecule has 2 fully saturated rings. The van der Waals surface area contributed by atoms with Crippen molar-refractivity contribution in [3.05, 3.63) is 52.8 Å². The van der Waals surface area contributed by atoms with E-state index in [1.165, 1.54) is 29.8 Å². The molecule has 1 spiro atoms. The van der Waals surface area contributed by atoms with Gasteiger partial charge in [-0.05, 0) is 75.6 Å². The van der Waals surface area contributed by atoms with Gasteiger partial charge in [-0.2, -0.15) is 26.3 Å². The molecule has 2 aliphatic rings. The Morgan fingerprint density at radius 1 is 0.878 bits per heavy atom. The minimum atomic E-state index is -5.08. The molecule has 15 heteroatoms. The number of aryl methyl sites for hydroxylation is 1. The Bertz CT molecular complexity index is 1370. The molecular formula is C34H47F6N3O6. The first-order valence-electron chi connectivity index (χ1n) is 16.3. The summed E-state index contributed by atoms with van der Waals surface area (Å²) in [5.41, 5.74) is 5.01. The number of nitrogens with zero attached hydrogens (tertiary/aromatic N) is 3. The number of piperidine rings is 1. The fourth-order valence-corrected chi connectivity index (χ4v) is 6.04. The lowest BCUT2D eigenvalue weighted by Crippen LogP contribution is -2.42. The number of carbonyl (C=O) groups is 3. The van der Waals surface area contributed by atoms with E-state index in [9.17, 15) is 31.1 Å². The second-order valence-corrected chi connectivity index (χ2v) is 12.6. The fourth-order valence-electron chi connectivity index (χ4n) is 6.04. The lowest BCUT2D eigenvalue weighted by atomic mass is 9.77. The third kappa shape index (κ3) is 12.0. The van der Waals surface area contributed by atoms with Gasteiger partial charge in [0.15, 0.2) is 0 Å². The summed E-state index contributed by atoms with van der Waals surface area (Å²) in [4.78, 5) is 36.1. The molecule has 0 radical (unpaired) electrons. The molecule has 1 amide bonds. The molecule has 1 aromatic carbocycles. The van der Waals surface area contributed by atoms with Crippen LogP contribution < -0.4 is 4.74 Å². The number of amides is 1. The monoisotopic (exact) mass is 707 g/mol. The van der Waals surface area contributed by atoms with Gasteiger partial charge in [0, 0.05) is 43.1 Å². The minimum Gasteiger partial charge on any atom is -0.493 e. The topological polar surface area (TPSA) is 112 Å². The summed E-state index contributed by atoms with van der Waals surface area (Å²) in [6.07, 6.45) is -4.81. The van der Waals surface area contributed by atoms with Crippen molar-refractivity contribution in [3.63, 3.8) is 0 Å². The highest BCUT2D eigenvalue weighted by atomic mass is 19.4. The molecular weight excluding hydrogens is 660 g/mol. The van der Waals surface area contributed by atoms with Crippen molar-refractivity contribution in [3.8, 4) is 5.75 Å². The molecule has 49 heavy (non-hydrogen) atoms. The van der Waals surface area contributed by atoms with Crippen LogP contribution >= 0.6 is 0 Å². The number of carboxylic acid groups (broad SMARTS) is 2. The van der Waals surface area contributed by atoms with Crippen LogP contribution in [0.1, 0.15) is 81.2 Å². The molecule has 0 bridgehead atoms. The zero-order valence-electron chi connectivity index (χ0n) is 28.6. The quantitative estimate of drug-likeness (QED) is 0.269. The van der Waals surface area contributed by atoms with Gasteiger partial charge in [0.1, 0.15) is 5.75 Å². The summed E-state index contributed by atoms with van der Waals surface area (Å²) in [6.45, 7) is 17.5. The van der Waals surface area contributed by atoms with Crippen molar-refractivity contribution in [2.45, 2.75) is 92.2 Å². The highest BCUT2D eigenvalue weighted by molar-refractivity contribution is 5.96. The van der Waals surface area contributed by atoms with Crippen molar-refractivity contribution < 1.29 is 55.7 Å². The van der Waals surface area contributed by atoms with Crippen molar-refractivity contribution in [1.82, 2.24) is 14.4 Å². The predicted octanol–water partition coefficient (Wildman–Crippen LogP) is 7.06. The van der Waals surface area contributed by atoms with Crippen molar-refractivity contribution >= 4 is 17.8 Å². The Hall–Kier alpha value is -3.75. The van der Waals surface area contributed by atoms with E-state index in [0.29, 0.717) is 5.92 Å². The summed E-state index contributed by atoms with van der Waals surface area (Å²) >= 11 is 0. The number of carboxylic acids is 2. The second kappa shape index (κ2) is 17.8. The number of benzene rings is 1. The molecule has 2 aliphatic heterocycles. The molecule has 0 saturated carbocycles. The number of carbonyl (C=O) groups excluding carboxylic acids is 1. The molecule has 0 aliphatic carbocycles. The highest BCUT2D eigenvalue weighted by Crippen LogP contribution is 2.41. The van der Waals surface area contributed by atoms with Gasteiger partial charge < -0.3 is 24.4 Å². The van der Waals surface area contributed by atoms with Crippen molar-refractivity contribution in [1.29, 1.82) is 0 Å². The fraction of sp³-hybridized carbons (Fsp3) is 0.618. The lowest BCUT2D eigenvalue weighted by molar-refractivity contribution is -0.193. The summed E-state index contributed by atoms with van der Waals surface area (Å²) in [7, 11) is 0. The van der Waals surface area contributed by atoms with Gasteiger partial charge in [0.25, 0.3) is 5.91 Å². The van der Waals surface area contributed by atoms with E-state index >= 15 is 0 Å². The summed E-state index contributed by atoms with van der Waals surface area (Å²) < 4.78 is 71.9. The first-order valence-corrected chi connectivity index (χ1v) is 16.3. The molecule has 276 valence electrons. The normalized spacial score (nSPS) is 16.1. The maximum Gasteiger partial charge on any atom is 0.490 e. The number of hydrogen-bond acceptors (Lipinski definition) is 5. The Labute approximate surface area is 282 Å². The van der Waals surface area contributed by atoms with Gasteiger partial charge in [-0.3, -0.25) is 9.69 Å². The van der Waals surface area contributed by atoms with Crippen LogP contribution in [0.3, 0.4) is 0 Å². The average molecular weight is 708 g/mol. The molecule has 2 aromatic rings. The smallest absolute Gasteiger partial charge is 0.490 e. The Morgan fingerprint density at radius 2 is 1.41 bits per heavy atom. The maximum absolute atomic E-state index is 13.6. The third-order valence-electron chi connectivity index (χ3n) is 8.60. The zero-order chi connectivity index (χ0) is 37.2. The molecule has 3 heterocycles. The van der Waals surface area contributed by atoms with Crippen LogP contribution in [0.15, 0.2) is 30.3 Å². The number of ether oxygens (including phenoxy) is 1. The van der Waals surface area contributed by atoms with Crippen LogP contribution in [-0.2, 0) is 35.5 Å². The van der Waals surface area contributed by atoms with E-state index in [2.05, 4.69) is 79.3 Å². The molecule has 9 nitrogen and oxygen atoms in total. The number of aliphatic carboxylic acids is 2. The van der Waals surface area contributed by atoms with Crippen LogP contribution in [0.2, 0.25) is 0 Å². The van der Waals surface area contributed by atoms with Crippen LogP contribution in [0.5, 0.6) is 5.75 Å². The summed E-state index contributed by atoms with van der Waals surface area (Å²) in [5, 5.41) is 14.2. The first kappa shape index (κ1) is 41.4. The molecule has 0 unspecified atom stereocenters. The molecule has 4 rings (SSSR count). The number of para-hydroxylation sites is 1. The van der Waals surface area contributed by atoms with Crippen LogP contribution in [0, 0.1) is 11.3 Å². The van der Waals surface area contributed by atoms with Gasteiger partial charge >= 0.3 is 24.3 Å². The summed E-state index contributed by atoms with van der Waals surface area (Å²) in [6, 6.07) is 10.6. The predicted molar refractivity (Wildman–Crippen MR) is 170 cm³/mol. The van der Waals surface area contributed by atoms with Gasteiger partial charge in [-0.15, -0.1) is 0 Å². The zero-order valence-corrected chi connectivity index (χ0v) is 28.6. The van der Waals surface area contributed by atoms with Crippen molar-refractivity contribution in [2.75, 3.05) is 32.8 Å². The Kier molecular flexibility index (Phi) is 15.0. The van der Waals surface area contributed by atoms with Gasteiger partial charge in [0.05, 0.1) is 12.2 Å². The van der Waals surface area contributed by atoms with Gasteiger partial charge in [-0.1, -0.05) is 45.9 Å². The second-order valence-electron chi connectivity index (χ2n) is 12.6. The Balaban J connectivity index is 0.000000500. The number of alkyl halides is 6. The minimum absolute atomic E-state index is 0.249. The molecule has 2 N–H and O–H groups in total. The number of halogens is 6. The SMILES string of the molecule is CCc1cc(C(=O)N2CCC3(CCN(Cc4ccccc4OCC(C)C)CC3)C2)c(CC)n1CC.O=C(O)C(F)(F)F.O=C(O)C(F)(F)F. The summed E-state index contributed by atoms with van der Waals surface area (Å²) in [5.74, 6) is -3.72. The standard InChI is InChI=1S/C30H45N3O2.2C2HF3O2/c1-6-25-19-26(27(7-2)33(25)8-3)29(34)32-18-15-30(22-32)13-16-31(17-14-30)20-24-11-9-10-12-28(24)35-21-23(4)5;2*3-2(4,5)1(6)7/h9-12,19,23H,6-8,13-18,20-22H2,1-5H3;2*(H,6,7). The Morgan fingerprint density at radius 3 is 1.88 bits per heavy atom. The number of likely N-dealkylation sites (tertiary alicyclic amines) is 2. The van der Waals surface area contributed by atoms with E-state index in [1.54, 1.807) is 0 Å². The van der Waals surface area contributed by atoms with Crippen LogP contribution in [-0.4, -0.2) is 87.6 Å². The molecule has 0 atom stereocenters. The third-order valence-corrected chi connectivity index (χ3v) is 8.60. The van der Waals surface area contributed by atoms with Crippen LogP contribution in [0.4, 0.5) is 26.3 Å². The average Bonchev–Trinajstić information content (AvgIpc) is 3.62. The van der Waals surface area contributed by atoms with E-state index in [1.807, 2.05) is 0 Å². The lowest BCUT2D eigenvalue weighted by Gasteiger charge is -2.39. The van der Waals surface area contributed by atoms with E-state index in [4.69, 9.17) is 24.5 Å². The number of rotatable bonds is 9. The van der Waals surface area contributed by atoms with Gasteiger partial charge in [0.2, 0.25) is 0 Å². The van der Waals surface area contributed by atoms with E-state index in [0.717, 1.165) is 76.5 Å². The largest absolute Gasteiger partial charge is 0.493 e. The van der Waals surface area contributed by atoms with Crippen molar-refractivity contribution in [2.24, 2.45) is 11.3 Å². The number of hydrogen-bond donors (Lipinski definition) is 2. The highest BCUT2D eigenvalue weighted by Gasteiger charge is 2.43. The molecule has 1 aromatic heterocycles. The van der Waals surface area contributed by atoms with E-state index < -0.39 is 24.3 Å². The number of aromatic nitrogens is 1. The van der Waals surface area contributed by atoms with Crippen LogP contribution in [0.25, 0.3) is 0 Å². The maximum atomic E-state index is 13.6.